The van der Waals surface area contributed by atoms with Gasteiger partial charge in [0.15, 0.2) is 0 Å². The Kier molecular flexibility index (Phi) is 6.01. The van der Waals surface area contributed by atoms with Crippen LogP contribution in [0.15, 0.2) is 12.4 Å². The quantitative estimate of drug-likeness (QED) is 0.807. The Hall–Kier alpha value is -0.910. The van der Waals surface area contributed by atoms with Gasteiger partial charge in [0.1, 0.15) is 5.82 Å². The molecule has 114 valence electrons. The molecule has 5 heteroatoms. The lowest BCUT2D eigenvalue weighted by Gasteiger charge is -2.39. The minimum atomic E-state index is 0.679. The fraction of sp³-hybridized carbons (Fsp3) is 0.800. The molecule has 1 aromatic rings. The number of rotatable bonds is 7. The highest BCUT2D eigenvalue weighted by molar-refractivity contribution is 4.88. The average Bonchev–Trinajstić information content (AvgIpc) is 2.89. The summed E-state index contributed by atoms with van der Waals surface area (Å²) in [6.45, 7) is 12.0. The molecule has 5 nitrogen and oxygen atoms in total. The molecule has 20 heavy (non-hydrogen) atoms. The van der Waals surface area contributed by atoms with Crippen molar-refractivity contribution in [3.8, 4) is 0 Å². The summed E-state index contributed by atoms with van der Waals surface area (Å²) in [6, 6.07) is 0.679. The maximum atomic E-state index is 5.71. The van der Waals surface area contributed by atoms with Gasteiger partial charge < -0.3 is 10.3 Å². The predicted molar refractivity (Wildman–Crippen MR) is 82.7 cm³/mol. The molecule has 2 N–H and O–H groups in total. The van der Waals surface area contributed by atoms with Crippen molar-refractivity contribution in [2.24, 2.45) is 5.73 Å². The second-order valence-electron chi connectivity index (χ2n) is 5.68. The van der Waals surface area contributed by atoms with Crippen LogP contribution in [-0.2, 0) is 6.54 Å². The molecule has 1 aliphatic rings. The van der Waals surface area contributed by atoms with E-state index in [0.717, 1.165) is 31.9 Å². The van der Waals surface area contributed by atoms with Crippen LogP contribution in [0.4, 0.5) is 0 Å². The molecule has 0 aromatic carbocycles. The zero-order valence-electron chi connectivity index (χ0n) is 13.0. The lowest BCUT2D eigenvalue weighted by Crippen LogP contribution is -2.51. The fourth-order valence-electron chi connectivity index (χ4n) is 3.08. The molecule has 1 aliphatic heterocycles. The third-order valence-corrected chi connectivity index (χ3v) is 4.48. The Bertz CT molecular complexity index is 381. The molecule has 2 heterocycles. The van der Waals surface area contributed by atoms with Crippen LogP contribution < -0.4 is 5.73 Å². The van der Waals surface area contributed by atoms with Gasteiger partial charge in [-0.2, -0.15) is 0 Å². The minimum Gasteiger partial charge on any atom is -0.334 e. The Morgan fingerprint density at radius 3 is 2.55 bits per heavy atom. The number of aryl methyl sites for hydroxylation is 1. The first kappa shape index (κ1) is 15.5. The second-order valence-corrected chi connectivity index (χ2v) is 5.68. The Morgan fingerprint density at radius 2 is 2.00 bits per heavy atom. The van der Waals surface area contributed by atoms with Gasteiger partial charge >= 0.3 is 0 Å². The van der Waals surface area contributed by atoms with Gasteiger partial charge in [-0.05, 0) is 26.3 Å². The molecule has 1 aromatic heterocycles. The van der Waals surface area contributed by atoms with Crippen molar-refractivity contribution in [2.45, 2.75) is 39.3 Å². The zero-order valence-corrected chi connectivity index (χ0v) is 13.0. The van der Waals surface area contributed by atoms with Crippen molar-refractivity contribution in [1.29, 1.82) is 0 Å². The van der Waals surface area contributed by atoms with Crippen LogP contribution in [-0.4, -0.2) is 64.7 Å². The summed E-state index contributed by atoms with van der Waals surface area (Å²) in [5, 5.41) is 0. The lowest BCUT2D eigenvalue weighted by atomic mass is 10.1. The molecule has 1 atom stereocenters. The van der Waals surface area contributed by atoms with Crippen LogP contribution in [0.25, 0.3) is 0 Å². The van der Waals surface area contributed by atoms with E-state index in [2.05, 4.69) is 39.4 Å². The largest absolute Gasteiger partial charge is 0.334 e. The topological polar surface area (TPSA) is 50.3 Å². The van der Waals surface area contributed by atoms with Crippen molar-refractivity contribution in [3.05, 3.63) is 18.2 Å². The number of hydrogen-bond donors (Lipinski definition) is 1. The second kappa shape index (κ2) is 7.76. The third kappa shape index (κ3) is 4.04. The summed E-state index contributed by atoms with van der Waals surface area (Å²) in [4.78, 5) is 9.45. The van der Waals surface area contributed by atoms with E-state index in [1.165, 1.54) is 32.6 Å². The van der Waals surface area contributed by atoms with Crippen LogP contribution in [0, 0.1) is 6.92 Å². The van der Waals surface area contributed by atoms with Gasteiger partial charge in [-0.25, -0.2) is 4.98 Å². The fourth-order valence-corrected chi connectivity index (χ4v) is 3.08. The first-order valence-corrected chi connectivity index (χ1v) is 7.88. The number of aromatic nitrogens is 2. The summed E-state index contributed by atoms with van der Waals surface area (Å²) in [7, 11) is 0. The Balaban J connectivity index is 1.72. The van der Waals surface area contributed by atoms with E-state index in [9.17, 15) is 0 Å². The van der Waals surface area contributed by atoms with Crippen LogP contribution in [0.1, 0.15) is 25.6 Å². The van der Waals surface area contributed by atoms with E-state index in [0.29, 0.717) is 6.04 Å². The van der Waals surface area contributed by atoms with Gasteiger partial charge in [0.05, 0.1) is 0 Å². The summed E-state index contributed by atoms with van der Waals surface area (Å²) < 4.78 is 2.23. The highest BCUT2D eigenvalue weighted by atomic mass is 15.3. The highest BCUT2D eigenvalue weighted by Crippen LogP contribution is 2.12. The number of nitrogens with zero attached hydrogens (tertiary/aromatic N) is 4. The summed E-state index contributed by atoms with van der Waals surface area (Å²) in [5.74, 6) is 1.11. The van der Waals surface area contributed by atoms with Gasteiger partial charge in [0, 0.05) is 57.7 Å². The van der Waals surface area contributed by atoms with Gasteiger partial charge in [-0.3, -0.25) is 9.80 Å². The van der Waals surface area contributed by atoms with Gasteiger partial charge in [-0.15, -0.1) is 0 Å². The molecule has 1 unspecified atom stereocenters. The lowest BCUT2D eigenvalue weighted by molar-refractivity contribution is 0.0889. The van der Waals surface area contributed by atoms with Crippen LogP contribution >= 0.6 is 0 Å². The first-order valence-electron chi connectivity index (χ1n) is 7.88. The van der Waals surface area contributed by atoms with E-state index < -0.39 is 0 Å². The zero-order chi connectivity index (χ0) is 14.4. The van der Waals surface area contributed by atoms with Gasteiger partial charge in [0.2, 0.25) is 0 Å². The molecule has 2 rings (SSSR count). The SMILES string of the molecule is CCC(CCN)N1CCN(CCn2ccnc2C)CC1. The highest BCUT2D eigenvalue weighted by Gasteiger charge is 2.21. The minimum absolute atomic E-state index is 0.679. The average molecular weight is 279 g/mol. The maximum Gasteiger partial charge on any atom is 0.105 e. The molecular formula is C15H29N5. The van der Waals surface area contributed by atoms with Crippen molar-refractivity contribution in [2.75, 3.05) is 39.3 Å². The van der Waals surface area contributed by atoms with Crippen molar-refractivity contribution >= 4 is 0 Å². The molecule has 0 aliphatic carbocycles. The maximum absolute atomic E-state index is 5.71. The van der Waals surface area contributed by atoms with E-state index in [4.69, 9.17) is 5.73 Å². The molecule has 0 amide bonds. The molecule has 0 radical (unpaired) electrons. The number of piperazine rings is 1. The van der Waals surface area contributed by atoms with Crippen LogP contribution in [0.3, 0.4) is 0 Å². The van der Waals surface area contributed by atoms with E-state index in [1.54, 1.807) is 0 Å². The number of nitrogens with two attached hydrogens (primary N) is 1. The Labute approximate surface area is 122 Å². The van der Waals surface area contributed by atoms with Crippen LogP contribution in [0.5, 0.6) is 0 Å². The smallest absolute Gasteiger partial charge is 0.105 e. The van der Waals surface area contributed by atoms with E-state index in [-0.39, 0.29) is 0 Å². The third-order valence-electron chi connectivity index (χ3n) is 4.48. The van der Waals surface area contributed by atoms with E-state index >= 15 is 0 Å². The summed E-state index contributed by atoms with van der Waals surface area (Å²) in [6.07, 6.45) is 6.29. The molecule has 1 fully saturated rings. The first-order chi connectivity index (χ1) is 9.74. The summed E-state index contributed by atoms with van der Waals surface area (Å²) in [5.41, 5.74) is 5.71. The normalized spacial score (nSPS) is 19.4. The number of hydrogen-bond acceptors (Lipinski definition) is 4. The Morgan fingerprint density at radius 1 is 1.25 bits per heavy atom. The summed E-state index contributed by atoms with van der Waals surface area (Å²) >= 11 is 0. The van der Waals surface area contributed by atoms with Crippen LogP contribution in [0.2, 0.25) is 0 Å². The van der Waals surface area contributed by atoms with Crippen molar-refractivity contribution < 1.29 is 0 Å². The predicted octanol–water partition coefficient (Wildman–Crippen LogP) is 0.937. The molecule has 0 bridgehead atoms. The standard InChI is InChI=1S/C15H29N5/c1-3-15(4-5-16)20-12-9-18(10-13-20)8-11-19-7-6-17-14(19)2/h6-7,15H,3-5,8-13,16H2,1-2H3. The molecule has 0 saturated carbocycles. The number of imidazole rings is 1. The molecular weight excluding hydrogens is 250 g/mol. The molecule has 1 saturated heterocycles. The monoisotopic (exact) mass is 279 g/mol. The van der Waals surface area contributed by atoms with Crippen molar-refractivity contribution in [3.63, 3.8) is 0 Å². The van der Waals surface area contributed by atoms with E-state index in [1.807, 2.05) is 6.20 Å². The van der Waals surface area contributed by atoms with Crippen molar-refractivity contribution in [1.82, 2.24) is 19.4 Å². The van der Waals surface area contributed by atoms with Gasteiger partial charge in [0.25, 0.3) is 0 Å². The molecule has 0 spiro atoms. The van der Waals surface area contributed by atoms with Gasteiger partial charge in [-0.1, -0.05) is 6.92 Å².